The average molecular weight is 243 g/mol. The normalized spacial score (nSPS) is 18.1. The van der Waals surface area contributed by atoms with Crippen LogP contribution in [-0.4, -0.2) is 0 Å². The summed E-state index contributed by atoms with van der Waals surface area (Å²) in [6.45, 7) is 0. The van der Waals surface area contributed by atoms with Crippen molar-refractivity contribution in [2.45, 2.75) is 37.9 Å². The maximum absolute atomic E-state index is 12.5. The third-order valence-electron chi connectivity index (χ3n) is 3.22. The summed E-state index contributed by atoms with van der Waals surface area (Å²) in [5.74, 6) is 0.756. The standard InChI is InChI=1S/C13H16F3N/c14-13(15,16)11-3-1-2-10(8-11)12(17)7-6-9-4-5-9/h1-3,8-9,12H,4-7,17H2. The lowest BCUT2D eigenvalue weighted by atomic mass is 9.99. The molecule has 0 bridgehead atoms. The van der Waals surface area contributed by atoms with Gasteiger partial charge in [0.1, 0.15) is 0 Å². The van der Waals surface area contributed by atoms with Crippen molar-refractivity contribution < 1.29 is 13.2 Å². The Morgan fingerprint density at radius 3 is 2.59 bits per heavy atom. The Labute approximate surface area is 98.8 Å². The van der Waals surface area contributed by atoms with E-state index in [1.807, 2.05) is 0 Å². The molecule has 1 saturated carbocycles. The molecule has 0 aliphatic heterocycles. The molecule has 1 unspecified atom stereocenters. The van der Waals surface area contributed by atoms with Crippen molar-refractivity contribution in [3.05, 3.63) is 35.4 Å². The minimum Gasteiger partial charge on any atom is -0.324 e. The number of rotatable bonds is 4. The molecule has 1 aromatic carbocycles. The van der Waals surface area contributed by atoms with Crippen LogP contribution in [0.25, 0.3) is 0 Å². The molecule has 0 radical (unpaired) electrons. The smallest absolute Gasteiger partial charge is 0.324 e. The molecular weight excluding hydrogens is 227 g/mol. The third-order valence-corrected chi connectivity index (χ3v) is 3.22. The van der Waals surface area contributed by atoms with Crippen molar-refractivity contribution in [3.63, 3.8) is 0 Å². The van der Waals surface area contributed by atoms with Gasteiger partial charge in [-0.1, -0.05) is 25.0 Å². The number of hydrogen-bond acceptors (Lipinski definition) is 1. The predicted molar refractivity (Wildman–Crippen MR) is 60.3 cm³/mol. The van der Waals surface area contributed by atoms with Crippen LogP contribution < -0.4 is 5.73 Å². The third kappa shape index (κ3) is 3.46. The molecule has 1 aliphatic rings. The molecule has 2 N–H and O–H groups in total. The molecule has 1 aromatic rings. The minimum absolute atomic E-state index is 0.280. The van der Waals surface area contributed by atoms with Crippen LogP contribution >= 0.6 is 0 Å². The summed E-state index contributed by atoms with van der Waals surface area (Å²) in [5, 5.41) is 0. The van der Waals surface area contributed by atoms with Gasteiger partial charge in [-0.15, -0.1) is 0 Å². The lowest BCUT2D eigenvalue weighted by Crippen LogP contribution is -2.12. The van der Waals surface area contributed by atoms with Gasteiger partial charge in [-0.2, -0.15) is 13.2 Å². The lowest BCUT2D eigenvalue weighted by Gasteiger charge is -2.14. The number of nitrogens with two attached hydrogens (primary N) is 1. The molecule has 1 aliphatic carbocycles. The van der Waals surface area contributed by atoms with E-state index in [4.69, 9.17) is 5.73 Å². The van der Waals surface area contributed by atoms with Gasteiger partial charge < -0.3 is 5.73 Å². The van der Waals surface area contributed by atoms with Crippen LogP contribution in [0.1, 0.15) is 42.9 Å². The minimum atomic E-state index is -4.29. The molecule has 0 spiro atoms. The molecule has 0 amide bonds. The second-order valence-corrected chi connectivity index (χ2v) is 4.75. The summed E-state index contributed by atoms with van der Waals surface area (Å²) in [5.41, 5.74) is 5.89. The first-order chi connectivity index (χ1) is 7.97. The van der Waals surface area contributed by atoms with Crippen molar-refractivity contribution in [1.82, 2.24) is 0 Å². The van der Waals surface area contributed by atoms with E-state index >= 15 is 0 Å². The van der Waals surface area contributed by atoms with Crippen molar-refractivity contribution in [3.8, 4) is 0 Å². The Kier molecular flexibility index (Phi) is 3.43. The summed E-state index contributed by atoms with van der Waals surface area (Å²) in [4.78, 5) is 0. The summed E-state index contributed by atoms with van der Waals surface area (Å²) in [7, 11) is 0. The summed E-state index contributed by atoms with van der Waals surface area (Å²) < 4.78 is 37.5. The van der Waals surface area contributed by atoms with Crippen molar-refractivity contribution in [2.75, 3.05) is 0 Å². The van der Waals surface area contributed by atoms with E-state index in [1.165, 1.54) is 18.9 Å². The molecule has 17 heavy (non-hydrogen) atoms. The molecule has 94 valence electrons. The largest absolute Gasteiger partial charge is 0.416 e. The van der Waals surface area contributed by atoms with E-state index in [0.29, 0.717) is 5.56 Å². The fraction of sp³-hybridized carbons (Fsp3) is 0.538. The van der Waals surface area contributed by atoms with Gasteiger partial charge in [0.25, 0.3) is 0 Å². The van der Waals surface area contributed by atoms with Gasteiger partial charge in [0, 0.05) is 6.04 Å². The maximum atomic E-state index is 12.5. The Balaban J connectivity index is 2.03. The molecule has 2 rings (SSSR count). The molecule has 0 saturated heterocycles. The molecule has 1 fully saturated rings. The average Bonchev–Trinajstić information content (AvgIpc) is 3.09. The highest BCUT2D eigenvalue weighted by Crippen LogP contribution is 2.36. The lowest BCUT2D eigenvalue weighted by molar-refractivity contribution is -0.137. The Morgan fingerprint density at radius 1 is 1.29 bits per heavy atom. The van der Waals surface area contributed by atoms with E-state index in [-0.39, 0.29) is 6.04 Å². The fourth-order valence-electron chi connectivity index (χ4n) is 1.93. The highest BCUT2D eigenvalue weighted by molar-refractivity contribution is 5.27. The van der Waals surface area contributed by atoms with Gasteiger partial charge in [-0.25, -0.2) is 0 Å². The number of alkyl halides is 3. The SMILES string of the molecule is NC(CCC1CC1)c1cccc(C(F)(F)F)c1. The zero-order valence-corrected chi connectivity index (χ0v) is 9.50. The quantitative estimate of drug-likeness (QED) is 0.852. The van der Waals surface area contributed by atoms with E-state index in [1.54, 1.807) is 6.07 Å². The van der Waals surface area contributed by atoms with Gasteiger partial charge >= 0.3 is 6.18 Å². The van der Waals surface area contributed by atoms with E-state index in [2.05, 4.69) is 0 Å². The van der Waals surface area contributed by atoms with E-state index in [0.717, 1.165) is 30.9 Å². The molecule has 1 atom stereocenters. The second-order valence-electron chi connectivity index (χ2n) is 4.75. The Morgan fingerprint density at radius 2 is 2.00 bits per heavy atom. The summed E-state index contributed by atoms with van der Waals surface area (Å²) in [6.07, 6.45) is 0.000231. The van der Waals surface area contributed by atoms with Crippen LogP contribution in [0, 0.1) is 5.92 Å². The van der Waals surface area contributed by atoms with Gasteiger partial charge in [0.05, 0.1) is 5.56 Å². The van der Waals surface area contributed by atoms with Crippen LogP contribution in [0.2, 0.25) is 0 Å². The zero-order chi connectivity index (χ0) is 12.5. The first kappa shape index (κ1) is 12.4. The highest BCUT2D eigenvalue weighted by atomic mass is 19.4. The number of benzene rings is 1. The number of hydrogen-bond donors (Lipinski definition) is 1. The monoisotopic (exact) mass is 243 g/mol. The van der Waals surface area contributed by atoms with Crippen LogP contribution in [0.3, 0.4) is 0 Å². The first-order valence-electron chi connectivity index (χ1n) is 5.89. The zero-order valence-electron chi connectivity index (χ0n) is 9.50. The molecule has 0 aromatic heterocycles. The van der Waals surface area contributed by atoms with Crippen molar-refractivity contribution >= 4 is 0 Å². The van der Waals surface area contributed by atoms with Crippen LogP contribution in [-0.2, 0) is 6.18 Å². The first-order valence-corrected chi connectivity index (χ1v) is 5.89. The van der Waals surface area contributed by atoms with Crippen molar-refractivity contribution in [1.29, 1.82) is 0 Å². The van der Waals surface area contributed by atoms with Crippen LogP contribution in [0.15, 0.2) is 24.3 Å². The second kappa shape index (κ2) is 4.69. The Hall–Kier alpha value is -1.03. The fourth-order valence-corrected chi connectivity index (χ4v) is 1.93. The summed E-state index contributed by atoms with van der Waals surface area (Å²) in [6, 6.07) is 5.06. The predicted octanol–water partition coefficient (Wildman–Crippen LogP) is 3.90. The molecule has 4 heteroatoms. The van der Waals surface area contributed by atoms with Gasteiger partial charge in [0.15, 0.2) is 0 Å². The summed E-state index contributed by atoms with van der Waals surface area (Å²) >= 11 is 0. The van der Waals surface area contributed by atoms with E-state index in [9.17, 15) is 13.2 Å². The molecule has 0 heterocycles. The molecule has 1 nitrogen and oxygen atoms in total. The van der Waals surface area contributed by atoms with Crippen LogP contribution in [0.5, 0.6) is 0 Å². The van der Waals surface area contributed by atoms with E-state index < -0.39 is 11.7 Å². The Bertz CT molecular complexity index is 382. The van der Waals surface area contributed by atoms with Gasteiger partial charge in [0.2, 0.25) is 0 Å². The molecular formula is C13H16F3N. The topological polar surface area (TPSA) is 26.0 Å². The van der Waals surface area contributed by atoms with Gasteiger partial charge in [-0.05, 0) is 36.5 Å². The van der Waals surface area contributed by atoms with Gasteiger partial charge in [-0.3, -0.25) is 0 Å². The number of halogens is 3. The van der Waals surface area contributed by atoms with Crippen LogP contribution in [0.4, 0.5) is 13.2 Å². The maximum Gasteiger partial charge on any atom is 0.416 e. The highest BCUT2D eigenvalue weighted by Gasteiger charge is 2.30. The van der Waals surface area contributed by atoms with Crippen molar-refractivity contribution in [2.24, 2.45) is 11.7 Å².